The lowest BCUT2D eigenvalue weighted by atomic mass is 9.94. The highest BCUT2D eigenvalue weighted by molar-refractivity contribution is 5.84. The molecule has 1 atom stereocenters. The zero-order valence-electron chi connectivity index (χ0n) is 10.8. The van der Waals surface area contributed by atoms with E-state index in [1.807, 2.05) is 32.6 Å². The summed E-state index contributed by atoms with van der Waals surface area (Å²) in [5.41, 5.74) is -0.206. The van der Waals surface area contributed by atoms with Crippen LogP contribution in [-0.4, -0.2) is 47.7 Å². The van der Waals surface area contributed by atoms with Gasteiger partial charge in [-0.25, -0.2) is 0 Å². The summed E-state index contributed by atoms with van der Waals surface area (Å²) < 4.78 is 0. The zero-order valence-corrected chi connectivity index (χ0v) is 10.8. The summed E-state index contributed by atoms with van der Waals surface area (Å²) in [7, 11) is 0. The van der Waals surface area contributed by atoms with Crippen LogP contribution >= 0.6 is 0 Å². The third-order valence-electron chi connectivity index (χ3n) is 2.88. The van der Waals surface area contributed by atoms with Crippen LogP contribution in [0.3, 0.4) is 0 Å². The van der Waals surface area contributed by atoms with Gasteiger partial charge in [-0.2, -0.15) is 0 Å². The van der Waals surface area contributed by atoms with Crippen molar-refractivity contribution in [3.63, 3.8) is 0 Å². The first kappa shape index (κ1) is 13.5. The van der Waals surface area contributed by atoms with E-state index in [4.69, 9.17) is 0 Å². The summed E-state index contributed by atoms with van der Waals surface area (Å²) in [5, 5.41) is 12.5. The molecule has 0 aromatic carbocycles. The molecular formula is C12H24N2O2. The molecular weight excluding hydrogens is 204 g/mol. The Morgan fingerprint density at radius 1 is 1.56 bits per heavy atom. The first-order valence-corrected chi connectivity index (χ1v) is 6.01. The lowest BCUT2D eigenvalue weighted by molar-refractivity contribution is -0.131. The second kappa shape index (κ2) is 5.15. The topological polar surface area (TPSA) is 52.6 Å². The number of amides is 1. The Bertz CT molecular complexity index is 251. The van der Waals surface area contributed by atoms with Crippen molar-refractivity contribution in [2.45, 2.75) is 46.2 Å². The van der Waals surface area contributed by atoms with Gasteiger partial charge in [-0.3, -0.25) is 4.79 Å². The summed E-state index contributed by atoms with van der Waals surface area (Å²) in [6.07, 6.45) is 0.874. The summed E-state index contributed by atoms with van der Waals surface area (Å²) in [6.45, 7) is 9.60. The highest BCUT2D eigenvalue weighted by Crippen LogP contribution is 2.20. The van der Waals surface area contributed by atoms with E-state index in [0.717, 1.165) is 13.0 Å². The van der Waals surface area contributed by atoms with Gasteiger partial charge in [0.1, 0.15) is 0 Å². The molecule has 1 saturated heterocycles. The minimum Gasteiger partial charge on any atom is -0.396 e. The van der Waals surface area contributed by atoms with Crippen molar-refractivity contribution in [3.05, 3.63) is 0 Å². The fourth-order valence-electron chi connectivity index (χ4n) is 2.02. The highest BCUT2D eigenvalue weighted by Gasteiger charge is 2.34. The van der Waals surface area contributed by atoms with Crippen molar-refractivity contribution < 1.29 is 9.90 Å². The van der Waals surface area contributed by atoms with E-state index >= 15 is 0 Å². The molecule has 1 fully saturated rings. The fourth-order valence-corrected chi connectivity index (χ4v) is 2.02. The SMILES string of the molecule is CC(C)NC1CCN(CC(C)(C)CO)C1=O. The molecule has 0 aliphatic carbocycles. The third-order valence-corrected chi connectivity index (χ3v) is 2.88. The van der Waals surface area contributed by atoms with Crippen LogP contribution in [0.25, 0.3) is 0 Å². The molecule has 0 saturated carbocycles. The van der Waals surface area contributed by atoms with Gasteiger partial charge in [0, 0.05) is 31.2 Å². The van der Waals surface area contributed by atoms with E-state index < -0.39 is 0 Å². The van der Waals surface area contributed by atoms with Crippen LogP contribution in [0.1, 0.15) is 34.1 Å². The molecule has 1 heterocycles. The molecule has 1 aliphatic rings. The highest BCUT2D eigenvalue weighted by atomic mass is 16.3. The van der Waals surface area contributed by atoms with E-state index in [0.29, 0.717) is 12.6 Å². The van der Waals surface area contributed by atoms with Crippen molar-refractivity contribution in [1.29, 1.82) is 0 Å². The van der Waals surface area contributed by atoms with Crippen molar-refractivity contribution >= 4 is 5.91 Å². The normalized spacial score (nSPS) is 22.2. The van der Waals surface area contributed by atoms with Gasteiger partial charge in [0.25, 0.3) is 0 Å². The quantitative estimate of drug-likeness (QED) is 0.724. The lowest BCUT2D eigenvalue weighted by Crippen LogP contribution is -2.44. The Morgan fingerprint density at radius 2 is 2.19 bits per heavy atom. The Balaban J connectivity index is 2.51. The van der Waals surface area contributed by atoms with E-state index in [2.05, 4.69) is 5.32 Å². The predicted octanol–water partition coefficient (Wildman–Crippen LogP) is 0.604. The standard InChI is InChI=1S/C12H24N2O2/c1-9(2)13-10-5-6-14(11(10)16)7-12(3,4)8-15/h9-10,13,15H,5-8H2,1-4H3. The van der Waals surface area contributed by atoms with E-state index in [1.165, 1.54) is 0 Å². The number of nitrogens with zero attached hydrogens (tertiary/aromatic N) is 1. The molecule has 0 aromatic rings. The Kier molecular flexibility index (Phi) is 4.33. The van der Waals surface area contributed by atoms with Crippen LogP contribution in [0.15, 0.2) is 0 Å². The molecule has 4 nitrogen and oxygen atoms in total. The number of carbonyl (C=O) groups excluding carboxylic acids is 1. The second-order valence-corrected chi connectivity index (χ2v) is 5.74. The zero-order chi connectivity index (χ0) is 12.3. The van der Waals surface area contributed by atoms with Crippen LogP contribution in [0, 0.1) is 5.41 Å². The number of aliphatic hydroxyl groups is 1. The lowest BCUT2D eigenvalue weighted by Gasteiger charge is -2.28. The van der Waals surface area contributed by atoms with Crippen molar-refractivity contribution in [1.82, 2.24) is 10.2 Å². The summed E-state index contributed by atoms with van der Waals surface area (Å²) in [6, 6.07) is 0.300. The van der Waals surface area contributed by atoms with Gasteiger partial charge in [-0.15, -0.1) is 0 Å². The number of nitrogens with one attached hydrogen (secondary N) is 1. The average Bonchev–Trinajstić information content (AvgIpc) is 2.49. The Morgan fingerprint density at radius 3 is 2.69 bits per heavy atom. The maximum Gasteiger partial charge on any atom is 0.239 e. The fraction of sp³-hybridized carbons (Fsp3) is 0.917. The summed E-state index contributed by atoms with van der Waals surface area (Å²) >= 11 is 0. The van der Waals surface area contributed by atoms with Gasteiger partial charge >= 0.3 is 0 Å². The maximum absolute atomic E-state index is 12.0. The first-order chi connectivity index (χ1) is 7.35. The molecule has 0 spiro atoms. The van der Waals surface area contributed by atoms with Crippen molar-refractivity contribution in [2.75, 3.05) is 19.7 Å². The molecule has 94 valence electrons. The van der Waals surface area contributed by atoms with Gasteiger partial charge in [0.2, 0.25) is 5.91 Å². The minimum atomic E-state index is -0.206. The summed E-state index contributed by atoms with van der Waals surface area (Å²) in [4.78, 5) is 13.9. The third kappa shape index (κ3) is 3.46. The van der Waals surface area contributed by atoms with Gasteiger partial charge in [-0.05, 0) is 6.42 Å². The van der Waals surface area contributed by atoms with Gasteiger partial charge in [0.15, 0.2) is 0 Å². The maximum atomic E-state index is 12.0. The Labute approximate surface area is 98.0 Å². The monoisotopic (exact) mass is 228 g/mol. The predicted molar refractivity (Wildman–Crippen MR) is 64.1 cm³/mol. The second-order valence-electron chi connectivity index (χ2n) is 5.74. The van der Waals surface area contributed by atoms with Gasteiger partial charge in [-0.1, -0.05) is 27.7 Å². The Hall–Kier alpha value is -0.610. The number of likely N-dealkylation sites (tertiary alicyclic amines) is 1. The van der Waals surface area contributed by atoms with Gasteiger partial charge < -0.3 is 15.3 Å². The molecule has 0 bridgehead atoms. The molecule has 1 rings (SSSR count). The average molecular weight is 228 g/mol. The minimum absolute atomic E-state index is 0.0329. The molecule has 2 N–H and O–H groups in total. The first-order valence-electron chi connectivity index (χ1n) is 6.01. The van der Waals surface area contributed by atoms with E-state index in [9.17, 15) is 9.90 Å². The van der Waals surface area contributed by atoms with Crippen LogP contribution in [-0.2, 0) is 4.79 Å². The molecule has 0 radical (unpaired) electrons. The molecule has 1 amide bonds. The largest absolute Gasteiger partial charge is 0.396 e. The number of hydrogen-bond donors (Lipinski definition) is 2. The number of aliphatic hydroxyl groups excluding tert-OH is 1. The molecule has 4 heteroatoms. The van der Waals surface area contributed by atoms with Crippen LogP contribution < -0.4 is 5.32 Å². The van der Waals surface area contributed by atoms with Crippen molar-refractivity contribution in [3.8, 4) is 0 Å². The molecule has 1 unspecified atom stereocenters. The van der Waals surface area contributed by atoms with Crippen molar-refractivity contribution in [2.24, 2.45) is 5.41 Å². The van der Waals surface area contributed by atoms with Gasteiger partial charge in [0.05, 0.1) is 6.04 Å². The number of carbonyl (C=O) groups is 1. The molecule has 0 aromatic heterocycles. The van der Waals surface area contributed by atoms with E-state index in [-0.39, 0.29) is 24.0 Å². The van der Waals surface area contributed by atoms with Crippen LogP contribution in [0.4, 0.5) is 0 Å². The smallest absolute Gasteiger partial charge is 0.239 e. The summed E-state index contributed by atoms with van der Waals surface area (Å²) in [5.74, 6) is 0.176. The molecule has 16 heavy (non-hydrogen) atoms. The number of hydrogen-bond acceptors (Lipinski definition) is 3. The van der Waals surface area contributed by atoms with Crippen LogP contribution in [0.5, 0.6) is 0 Å². The van der Waals surface area contributed by atoms with Crippen LogP contribution in [0.2, 0.25) is 0 Å². The number of rotatable bonds is 5. The van der Waals surface area contributed by atoms with E-state index in [1.54, 1.807) is 0 Å². The molecule has 1 aliphatic heterocycles.